The van der Waals surface area contributed by atoms with Gasteiger partial charge in [0.2, 0.25) is 0 Å². The van der Waals surface area contributed by atoms with Gasteiger partial charge in [-0.25, -0.2) is 0 Å². The van der Waals surface area contributed by atoms with Gasteiger partial charge in [0.15, 0.2) is 0 Å². The minimum absolute atomic E-state index is 0.366. The van der Waals surface area contributed by atoms with Gasteiger partial charge in [0, 0.05) is 6.04 Å². The highest BCUT2D eigenvalue weighted by Gasteiger charge is 2.13. The molecule has 1 aromatic heterocycles. The summed E-state index contributed by atoms with van der Waals surface area (Å²) < 4.78 is 5.37. The van der Waals surface area contributed by atoms with Gasteiger partial charge in [0.25, 0.3) is 0 Å². The van der Waals surface area contributed by atoms with E-state index in [9.17, 15) is 0 Å². The van der Waals surface area contributed by atoms with E-state index in [4.69, 9.17) is 4.42 Å². The minimum Gasteiger partial charge on any atom is -0.468 e. The van der Waals surface area contributed by atoms with Crippen molar-refractivity contribution in [3.05, 3.63) is 24.2 Å². The molecule has 0 bridgehead atoms. The molecule has 0 saturated heterocycles. The monoisotopic (exact) mass is 181 g/mol. The highest BCUT2D eigenvalue weighted by atomic mass is 16.3. The first-order chi connectivity index (χ1) is 6.27. The fourth-order valence-corrected chi connectivity index (χ4v) is 1.35. The van der Waals surface area contributed by atoms with Crippen molar-refractivity contribution in [3.8, 4) is 0 Å². The van der Waals surface area contributed by atoms with Crippen LogP contribution in [0.5, 0.6) is 0 Å². The van der Waals surface area contributed by atoms with Gasteiger partial charge in [-0.05, 0) is 31.9 Å². The minimum atomic E-state index is 0.366. The third-order valence-corrected chi connectivity index (χ3v) is 2.39. The number of hydrogen-bond donors (Lipinski definition) is 1. The number of furan rings is 1. The zero-order chi connectivity index (χ0) is 9.68. The highest BCUT2D eigenvalue weighted by molar-refractivity contribution is 5.04. The highest BCUT2D eigenvalue weighted by Crippen LogP contribution is 2.17. The van der Waals surface area contributed by atoms with E-state index in [1.54, 1.807) is 6.26 Å². The van der Waals surface area contributed by atoms with Crippen molar-refractivity contribution in [3.63, 3.8) is 0 Å². The van der Waals surface area contributed by atoms with Gasteiger partial charge >= 0.3 is 0 Å². The molecule has 0 fully saturated rings. The van der Waals surface area contributed by atoms with Crippen LogP contribution in [0.1, 0.15) is 45.4 Å². The summed E-state index contributed by atoms with van der Waals surface area (Å²) in [5, 5.41) is 3.52. The van der Waals surface area contributed by atoms with Gasteiger partial charge in [-0.15, -0.1) is 0 Å². The van der Waals surface area contributed by atoms with E-state index in [0.29, 0.717) is 12.1 Å². The second kappa shape index (κ2) is 5.07. The van der Waals surface area contributed by atoms with Crippen LogP contribution in [0.25, 0.3) is 0 Å². The van der Waals surface area contributed by atoms with Crippen LogP contribution in [0.2, 0.25) is 0 Å². The van der Waals surface area contributed by atoms with Crippen molar-refractivity contribution in [2.45, 2.75) is 45.7 Å². The molecule has 0 saturated carbocycles. The number of rotatable bonds is 5. The summed E-state index contributed by atoms with van der Waals surface area (Å²) in [4.78, 5) is 0. The normalized spacial score (nSPS) is 15.6. The van der Waals surface area contributed by atoms with E-state index in [1.807, 2.05) is 12.1 Å². The molecule has 0 spiro atoms. The fraction of sp³-hybridized carbons (Fsp3) is 0.636. The van der Waals surface area contributed by atoms with E-state index in [-0.39, 0.29) is 0 Å². The molecule has 0 radical (unpaired) electrons. The average molecular weight is 181 g/mol. The quantitative estimate of drug-likeness (QED) is 0.755. The molecule has 0 aromatic carbocycles. The standard InChI is InChI=1S/C11H19NO/c1-4-9(3)12-10(5-2)11-7-6-8-13-11/h6-10,12H,4-5H2,1-3H3. The molecule has 0 amide bonds. The zero-order valence-electron chi connectivity index (χ0n) is 8.71. The summed E-state index contributed by atoms with van der Waals surface area (Å²) in [6.45, 7) is 6.56. The Morgan fingerprint density at radius 3 is 2.62 bits per heavy atom. The lowest BCUT2D eigenvalue weighted by atomic mass is 10.1. The summed E-state index contributed by atoms with van der Waals surface area (Å²) >= 11 is 0. The molecule has 13 heavy (non-hydrogen) atoms. The molecule has 2 nitrogen and oxygen atoms in total. The van der Waals surface area contributed by atoms with Gasteiger partial charge in [-0.2, -0.15) is 0 Å². The van der Waals surface area contributed by atoms with Crippen LogP contribution < -0.4 is 5.32 Å². The molecule has 1 rings (SSSR count). The van der Waals surface area contributed by atoms with Crippen molar-refractivity contribution >= 4 is 0 Å². The van der Waals surface area contributed by atoms with Crippen LogP contribution >= 0.6 is 0 Å². The predicted molar refractivity (Wildman–Crippen MR) is 54.6 cm³/mol. The molecule has 74 valence electrons. The van der Waals surface area contributed by atoms with E-state index in [0.717, 1.165) is 18.6 Å². The average Bonchev–Trinajstić information content (AvgIpc) is 2.66. The molecular weight excluding hydrogens is 162 g/mol. The Bertz CT molecular complexity index is 218. The molecule has 0 aliphatic rings. The topological polar surface area (TPSA) is 25.2 Å². The van der Waals surface area contributed by atoms with Crippen molar-refractivity contribution in [2.24, 2.45) is 0 Å². The molecule has 0 aliphatic carbocycles. The largest absolute Gasteiger partial charge is 0.468 e. The lowest BCUT2D eigenvalue weighted by molar-refractivity contribution is 0.368. The van der Waals surface area contributed by atoms with Crippen molar-refractivity contribution in [2.75, 3.05) is 0 Å². The molecule has 2 heteroatoms. The fourth-order valence-electron chi connectivity index (χ4n) is 1.35. The van der Waals surface area contributed by atoms with Crippen molar-refractivity contribution < 1.29 is 4.42 Å². The summed E-state index contributed by atoms with van der Waals surface area (Å²) in [5.74, 6) is 1.04. The lowest BCUT2D eigenvalue weighted by Gasteiger charge is -2.19. The van der Waals surface area contributed by atoms with Crippen LogP contribution in [-0.2, 0) is 0 Å². The smallest absolute Gasteiger partial charge is 0.120 e. The first-order valence-corrected chi connectivity index (χ1v) is 5.07. The van der Waals surface area contributed by atoms with Gasteiger partial charge in [0.05, 0.1) is 12.3 Å². The zero-order valence-corrected chi connectivity index (χ0v) is 8.71. The van der Waals surface area contributed by atoms with Crippen molar-refractivity contribution in [1.82, 2.24) is 5.32 Å². The first kappa shape index (κ1) is 10.3. The second-order valence-electron chi connectivity index (χ2n) is 3.45. The van der Waals surface area contributed by atoms with E-state index in [1.165, 1.54) is 0 Å². The molecule has 2 atom stereocenters. The first-order valence-electron chi connectivity index (χ1n) is 5.07. The van der Waals surface area contributed by atoms with Crippen molar-refractivity contribution in [1.29, 1.82) is 0 Å². The molecule has 0 aliphatic heterocycles. The Kier molecular flexibility index (Phi) is 4.03. The lowest BCUT2D eigenvalue weighted by Crippen LogP contribution is -2.29. The summed E-state index contributed by atoms with van der Waals surface area (Å²) in [6, 6.07) is 4.89. The van der Waals surface area contributed by atoms with Crippen LogP contribution in [-0.4, -0.2) is 6.04 Å². The van der Waals surface area contributed by atoms with Crippen LogP contribution in [0.4, 0.5) is 0 Å². The SMILES string of the molecule is CCC(C)NC(CC)c1ccco1. The van der Waals surface area contributed by atoms with Gasteiger partial charge in [0.1, 0.15) is 5.76 Å². The maximum Gasteiger partial charge on any atom is 0.120 e. The van der Waals surface area contributed by atoms with Crippen LogP contribution in [0.3, 0.4) is 0 Å². The Morgan fingerprint density at radius 2 is 2.15 bits per heavy atom. The number of nitrogens with one attached hydrogen (secondary N) is 1. The molecule has 1 N–H and O–H groups in total. The Morgan fingerprint density at radius 1 is 1.38 bits per heavy atom. The molecule has 2 unspecified atom stereocenters. The Hall–Kier alpha value is -0.760. The summed E-state index contributed by atoms with van der Waals surface area (Å²) in [7, 11) is 0. The Labute approximate surface area is 80.3 Å². The van der Waals surface area contributed by atoms with Crippen LogP contribution in [0, 0.1) is 0 Å². The molecule has 1 heterocycles. The maximum atomic E-state index is 5.37. The number of hydrogen-bond acceptors (Lipinski definition) is 2. The predicted octanol–water partition coefficient (Wildman–Crippen LogP) is 3.12. The van der Waals surface area contributed by atoms with E-state index < -0.39 is 0 Å². The Balaban J connectivity index is 2.53. The third kappa shape index (κ3) is 2.88. The van der Waals surface area contributed by atoms with E-state index >= 15 is 0 Å². The summed E-state index contributed by atoms with van der Waals surface area (Å²) in [6.07, 6.45) is 3.95. The van der Waals surface area contributed by atoms with Crippen LogP contribution in [0.15, 0.2) is 22.8 Å². The van der Waals surface area contributed by atoms with Gasteiger partial charge in [-0.3, -0.25) is 0 Å². The van der Waals surface area contributed by atoms with Gasteiger partial charge in [-0.1, -0.05) is 13.8 Å². The maximum absolute atomic E-state index is 5.37. The van der Waals surface area contributed by atoms with E-state index in [2.05, 4.69) is 26.1 Å². The second-order valence-corrected chi connectivity index (χ2v) is 3.45. The molecule has 1 aromatic rings. The third-order valence-electron chi connectivity index (χ3n) is 2.39. The summed E-state index contributed by atoms with van der Waals surface area (Å²) in [5.41, 5.74) is 0. The van der Waals surface area contributed by atoms with Gasteiger partial charge < -0.3 is 9.73 Å². The molecular formula is C11H19NO.